The number of amides is 1. The summed E-state index contributed by atoms with van der Waals surface area (Å²) in [6, 6.07) is 0.355. The van der Waals surface area contributed by atoms with Crippen molar-refractivity contribution in [1.29, 1.82) is 0 Å². The third kappa shape index (κ3) is 28.3. The number of likely N-dealkylation sites (N-methyl/N-ethyl adjacent to an activating group) is 1. The first-order valence-corrected chi connectivity index (χ1v) is 16.2. The fourth-order valence-corrected chi connectivity index (χ4v) is 5.30. The summed E-state index contributed by atoms with van der Waals surface area (Å²) in [5.41, 5.74) is 0. The topological polar surface area (TPSA) is 29.1 Å². The van der Waals surface area contributed by atoms with Gasteiger partial charge in [0, 0.05) is 6.04 Å². The maximum Gasteiger partial charge on any atom is 0.275 e. The summed E-state index contributed by atoms with van der Waals surface area (Å²) in [5, 5.41) is 3.41. The first-order chi connectivity index (χ1) is 17.4. The van der Waals surface area contributed by atoms with Gasteiger partial charge in [0.25, 0.3) is 5.91 Å². The molecule has 0 saturated heterocycles. The Morgan fingerprint density at radius 1 is 0.649 bits per heavy atom. The standard InChI is InChI=1S/C33H66N2O.ClH/c1-6-9-11-13-15-17-19-21-23-25-27-29-32(34-33(36)31-35(4,5)30-8-3)28-26-24-22-20-18-16-14-12-10-7-2;/h8,32H,3,6-7,9-31H2,1-2,4-5H3;1H. The van der Waals surface area contributed by atoms with Crippen LogP contribution < -0.4 is 17.7 Å². The second kappa shape index (κ2) is 28.5. The van der Waals surface area contributed by atoms with Gasteiger partial charge in [-0.05, 0) is 18.9 Å². The van der Waals surface area contributed by atoms with Crippen LogP contribution in [0, 0.1) is 0 Å². The van der Waals surface area contributed by atoms with Gasteiger partial charge in [-0.15, -0.1) is 0 Å². The summed E-state index contributed by atoms with van der Waals surface area (Å²) in [6.07, 6.45) is 33.1. The lowest BCUT2D eigenvalue weighted by Crippen LogP contribution is -3.00. The molecule has 0 aromatic carbocycles. The quantitative estimate of drug-likeness (QED) is 0.0661. The molecule has 0 saturated carbocycles. The molecule has 37 heavy (non-hydrogen) atoms. The minimum Gasteiger partial charge on any atom is -1.00 e. The molecule has 0 fully saturated rings. The van der Waals surface area contributed by atoms with Gasteiger partial charge in [-0.25, -0.2) is 0 Å². The lowest BCUT2D eigenvalue weighted by atomic mass is 9.99. The number of halogens is 1. The minimum absolute atomic E-state index is 0. The van der Waals surface area contributed by atoms with E-state index in [2.05, 4.69) is 39.8 Å². The lowest BCUT2D eigenvalue weighted by Gasteiger charge is -2.28. The fraction of sp³-hybridized carbons (Fsp3) is 0.909. The third-order valence-electron chi connectivity index (χ3n) is 7.62. The molecule has 1 atom stereocenters. The average molecular weight is 543 g/mol. The van der Waals surface area contributed by atoms with Crippen LogP contribution in [0.25, 0.3) is 0 Å². The number of hydrogen-bond acceptors (Lipinski definition) is 1. The van der Waals surface area contributed by atoms with Gasteiger partial charge >= 0.3 is 0 Å². The molecule has 3 nitrogen and oxygen atoms in total. The molecule has 222 valence electrons. The Labute approximate surface area is 240 Å². The number of carbonyl (C=O) groups is 1. The Bertz CT molecular complexity index is 495. The Hall–Kier alpha value is -0.540. The van der Waals surface area contributed by atoms with Crippen LogP contribution in [0.15, 0.2) is 12.7 Å². The molecular weight excluding hydrogens is 476 g/mol. The van der Waals surface area contributed by atoms with Crippen LogP contribution in [0.2, 0.25) is 0 Å². The maximum atomic E-state index is 12.8. The van der Waals surface area contributed by atoms with Crippen LogP contribution in [0.5, 0.6) is 0 Å². The van der Waals surface area contributed by atoms with Crippen molar-refractivity contribution in [2.45, 2.75) is 168 Å². The van der Waals surface area contributed by atoms with E-state index in [1.165, 1.54) is 135 Å². The second-order valence-electron chi connectivity index (χ2n) is 12.1. The van der Waals surface area contributed by atoms with Crippen molar-refractivity contribution < 1.29 is 21.7 Å². The monoisotopic (exact) mass is 542 g/mol. The molecule has 0 bridgehead atoms. The van der Waals surface area contributed by atoms with E-state index in [1.54, 1.807) is 0 Å². The Kier molecular flexibility index (Phi) is 29.7. The van der Waals surface area contributed by atoms with Crippen LogP contribution in [-0.2, 0) is 4.79 Å². The van der Waals surface area contributed by atoms with Gasteiger partial charge in [0.05, 0.1) is 20.6 Å². The number of quaternary nitrogens is 1. The highest BCUT2D eigenvalue weighted by atomic mass is 35.5. The Morgan fingerprint density at radius 3 is 1.30 bits per heavy atom. The van der Waals surface area contributed by atoms with Gasteiger partial charge < -0.3 is 22.2 Å². The van der Waals surface area contributed by atoms with E-state index >= 15 is 0 Å². The molecule has 0 aromatic rings. The van der Waals surface area contributed by atoms with Crippen molar-refractivity contribution in [3.8, 4) is 0 Å². The lowest BCUT2D eigenvalue weighted by molar-refractivity contribution is -0.876. The Balaban J connectivity index is 0. The van der Waals surface area contributed by atoms with E-state index in [4.69, 9.17) is 0 Å². The fourth-order valence-electron chi connectivity index (χ4n) is 5.30. The second-order valence-corrected chi connectivity index (χ2v) is 12.1. The molecule has 1 amide bonds. The van der Waals surface area contributed by atoms with Crippen molar-refractivity contribution in [3.63, 3.8) is 0 Å². The van der Waals surface area contributed by atoms with Gasteiger partial charge in [0.15, 0.2) is 6.54 Å². The zero-order chi connectivity index (χ0) is 26.7. The first kappa shape index (κ1) is 38.6. The van der Waals surface area contributed by atoms with E-state index in [-0.39, 0.29) is 18.3 Å². The number of rotatable bonds is 28. The minimum atomic E-state index is 0. The molecular formula is C33H67ClN2O. The summed E-state index contributed by atoms with van der Waals surface area (Å²) >= 11 is 0. The molecule has 0 aliphatic rings. The van der Waals surface area contributed by atoms with Crippen LogP contribution in [0.3, 0.4) is 0 Å². The summed E-state index contributed by atoms with van der Waals surface area (Å²) in [4.78, 5) is 12.8. The molecule has 0 rings (SSSR count). The summed E-state index contributed by atoms with van der Waals surface area (Å²) in [7, 11) is 4.23. The summed E-state index contributed by atoms with van der Waals surface area (Å²) in [5.74, 6) is 0.210. The van der Waals surface area contributed by atoms with Crippen LogP contribution in [0.1, 0.15) is 162 Å². The predicted molar refractivity (Wildman–Crippen MR) is 162 cm³/mol. The van der Waals surface area contributed by atoms with E-state index < -0.39 is 0 Å². The molecule has 1 unspecified atom stereocenters. The van der Waals surface area contributed by atoms with Crippen molar-refractivity contribution >= 4 is 5.91 Å². The zero-order valence-electron chi connectivity index (χ0n) is 25.8. The van der Waals surface area contributed by atoms with E-state index in [0.29, 0.717) is 17.1 Å². The van der Waals surface area contributed by atoms with Gasteiger partial charge in [-0.3, -0.25) is 4.79 Å². The molecule has 0 spiro atoms. The number of nitrogens with one attached hydrogen (secondary N) is 1. The van der Waals surface area contributed by atoms with Crippen LogP contribution >= 0.6 is 0 Å². The number of hydrogen-bond donors (Lipinski definition) is 1. The largest absolute Gasteiger partial charge is 1.00 e. The molecule has 4 heteroatoms. The zero-order valence-corrected chi connectivity index (χ0v) is 26.5. The average Bonchev–Trinajstić information content (AvgIpc) is 2.83. The van der Waals surface area contributed by atoms with E-state index in [1.807, 2.05) is 6.08 Å². The SMILES string of the molecule is C=CC[N+](C)(C)CC(=O)NC(CCCCCCCCCCCC)CCCCCCCCCCCCC.[Cl-]. The molecule has 0 aliphatic carbocycles. The number of unbranched alkanes of at least 4 members (excludes halogenated alkanes) is 19. The highest BCUT2D eigenvalue weighted by molar-refractivity contribution is 5.77. The summed E-state index contributed by atoms with van der Waals surface area (Å²) in [6.45, 7) is 9.79. The van der Waals surface area contributed by atoms with E-state index in [9.17, 15) is 4.79 Å². The van der Waals surface area contributed by atoms with Crippen LogP contribution in [0.4, 0.5) is 0 Å². The normalized spacial score (nSPS) is 12.2. The van der Waals surface area contributed by atoms with Crippen molar-refractivity contribution in [2.75, 3.05) is 27.2 Å². The third-order valence-corrected chi connectivity index (χ3v) is 7.62. The van der Waals surface area contributed by atoms with Crippen molar-refractivity contribution in [3.05, 3.63) is 12.7 Å². The highest BCUT2D eigenvalue weighted by Gasteiger charge is 2.20. The number of carbonyl (C=O) groups excluding carboxylic acids is 1. The number of nitrogens with zero attached hydrogens (tertiary/aromatic N) is 1. The highest BCUT2D eigenvalue weighted by Crippen LogP contribution is 2.16. The van der Waals surface area contributed by atoms with Crippen LogP contribution in [-0.4, -0.2) is 43.6 Å². The van der Waals surface area contributed by atoms with Gasteiger partial charge in [0.2, 0.25) is 0 Å². The summed E-state index contributed by atoms with van der Waals surface area (Å²) < 4.78 is 0.679. The van der Waals surface area contributed by atoms with E-state index in [0.717, 1.165) is 19.4 Å². The molecule has 1 N–H and O–H groups in total. The predicted octanol–water partition coefficient (Wildman–Crippen LogP) is 6.75. The molecule has 0 aromatic heterocycles. The Morgan fingerprint density at radius 2 is 0.973 bits per heavy atom. The molecule has 0 radical (unpaired) electrons. The van der Waals surface area contributed by atoms with Gasteiger partial charge in [-0.2, -0.15) is 0 Å². The first-order valence-electron chi connectivity index (χ1n) is 16.2. The van der Waals surface area contributed by atoms with Gasteiger partial charge in [-0.1, -0.05) is 155 Å². The molecule has 0 heterocycles. The van der Waals surface area contributed by atoms with Crippen molar-refractivity contribution in [1.82, 2.24) is 5.32 Å². The maximum absolute atomic E-state index is 12.8. The molecule has 0 aliphatic heterocycles. The smallest absolute Gasteiger partial charge is 0.275 e. The van der Waals surface area contributed by atoms with Gasteiger partial charge in [0.1, 0.15) is 0 Å². The van der Waals surface area contributed by atoms with Crippen molar-refractivity contribution in [2.24, 2.45) is 0 Å².